The first kappa shape index (κ1) is 21.0. The second kappa shape index (κ2) is 8.13. The Kier molecular flexibility index (Phi) is 5.69. The average Bonchev–Trinajstić information content (AvgIpc) is 3.18. The molecule has 1 amide bonds. The van der Waals surface area contributed by atoms with E-state index in [0.29, 0.717) is 32.5 Å². The first-order valence-corrected chi connectivity index (χ1v) is 11.9. The fourth-order valence-corrected chi connectivity index (χ4v) is 5.79. The number of benzene rings is 1. The molecular formula is C21H28N4O4S. The predicted octanol–water partition coefficient (Wildman–Crippen LogP) is 1.63. The van der Waals surface area contributed by atoms with Crippen LogP contribution in [0, 0.1) is 0 Å². The number of hydrogen-bond acceptors (Lipinski definition) is 5. The number of fused-ring (bicyclic) bond motifs is 2. The van der Waals surface area contributed by atoms with Crippen LogP contribution in [0.3, 0.4) is 0 Å². The molecular weight excluding hydrogens is 404 g/mol. The summed E-state index contributed by atoms with van der Waals surface area (Å²) in [7, 11) is -3.43. The van der Waals surface area contributed by atoms with Gasteiger partial charge in [0, 0.05) is 31.5 Å². The van der Waals surface area contributed by atoms with Gasteiger partial charge in [-0.15, -0.1) is 0 Å². The van der Waals surface area contributed by atoms with Crippen molar-refractivity contribution in [1.29, 1.82) is 0 Å². The fraction of sp³-hybridized carbons (Fsp3) is 0.524. The average molecular weight is 433 g/mol. The highest BCUT2D eigenvalue weighted by Gasteiger charge is 2.48. The molecule has 162 valence electrons. The maximum atomic E-state index is 12.9. The van der Waals surface area contributed by atoms with Gasteiger partial charge in [0.25, 0.3) is 5.91 Å². The third-order valence-electron chi connectivity index (χ3n) is 5.69. The van der Waals surface area contributed by atoms with Gasteiger partial charge in [0.1, 0.15) is 11.4 Å². The smallest absolute Gasteiger partial charge is 0.251 e. The molecule has 2 aromatic rings. The van der Waals surface area contributed by atoms with Crippen molar-refractivity contribution in [2.24, 2.45) is 0 Å². The van der Waals surface area contributed by atoms with Gasteiger partial charge in [0.15, 0.2) is 6.10 Å². The van der Waals surface area contributed by atoms with E-state index in [-0.39, 0.29) is 17.7 Å². The van der Waals surface area contributed by atoms with Crippen molar-refractivity contribution in [1.82, 2.24) is 19.2 Å². The van der Waals surface area contributed by atoms with Gasteiger partial charge in [-0.25, -0.2) is 17.7 Å². The van der Waals surface area contributed by atoms with Crippen molar-refractivity contribution in [3.63, 3.8) is 0 Å². The normalized spacial score (nSPS) is 21.5. The topological polar surface area (TPSA) is 93.5 Å². The number of amides is 1. The molecule has 4 rings (SSSR count). The minimum Gasteiger partial charge on any atom is -0.352 e. The molecule has 2 aliphatic heterocycles. The number of carbonyl (C=O) groups excluding carboxylic acids is 1. The molecule has 0 aliphatic carbocycles. The minimum absolute atomic E-state index is 0.0181. The molecule has 1 spiro atoms. The van der Waals surface area contributed by atoms with Crippen molar-refractivity contribution in [3.8, 4) is 0 Å². The Morgan fingerprint density at radius 3 is 2.63 bits per heavy atom. The van der Waals surface area contributed by atoms with Gasteiger partial charge < -0.3 is 14.6 Å². The van der Waals surface area contributed by atoms with Crippen LogP contribution in [0.15, 0.2) is 42.7 Å². The number of ether oxygens (including phenoxy) is 1. The zero-order valence-electron chi connectivity index (χ0n) is 17.3. The molecule has 0 bridgehead atoms. The molecule has 1 N–H and O–H groups in total. The maximum absolute atomic E-state index is 12.9. The summed E-state index contributed by atoms with van der Waals surface area (Å²) in [6, 6.07) is 9.22. The maximum Gasteiger partial charge on any atom is 0.251 e. The van der Waals surface area contributed by atoms with Crippen LogP contribution in [0.2, 0.25) is 0 Å². The molecule has 3 heterocycles. The molecule has 0 radical (unpaired) electrons. The highest BCUT2D eigenvalue weighted by atomic mass is 32.2. The molecule has 1 saturated heterocycles. The van der Waals surface area contributed by atoms with E-state index in [0.717, 1.165) is 11.4 Å². The quantitative estimate of drug-likeness (QED) is 0.775. The van der Waals surface area contributed by atoms with Gasteiger partial charge in [0.2, 0.25) is 10.0 Å². The van der Waals surface area contributed by atoms with Crippen LogP contribution in [-0.2, 0) is 37.5 Å². The number of aromatic nitrogens is 2. The summed E-state index contributed by atoms with van der Waals surface area (Å²) in [5.41, 5.74) is 0.0205. The van der Waals surface area contributed by atoms with Gasteiger partial charge in [0.05, 0.1) is 12.3 Å². The molecule has 0 saturated carbocycles. The lowest BCUT2D eigenvalue weighted by atomic mass is 9.89. The second-order valence-corrected chi connectivity index (χ2v) is 10.3. The Labute approximate surface area is 177 Å². The number of hydrogen-bond donors (Lipinski definition) is 1. The number of sulfonamides is 1. The third kappa shape index (κ3) is 4.14. The molecule has 0 unspecified atom stereocenters. The lowest BCUT2D eigenvalue weighted by Crippen LogP contribution is -2.55. The molecule has 1 fully saturated rings. The van der Waals surface area contributed by atoms with Crippen LogP contribution < -0.4 is 5.32 Å². The largest absolute Gasteiger partial charge is 0.352 e. The minimum atomic E-state index is -3.43. The first-order chi connectivity index (χ1) is 14.3. The van der Waals surface area contributed by atoms with Gasteiger partial charge in [-0.05, 0) is 32.3 Å². The van der Waals surface area contributed by atoms with Gasteiger partial charge >= 0.3 is 0 Å². The summed E-state index contributed by atoms with van der Waals surface area (Å²) < 4.78 is 35.6. The number of carbonyl (C=O) groups is 1. The van der Waals surface area contributed by atoms with Crippen LogP contribution in [0.5, 0.6) is 0 Å². The Bertz CT molecular complexity index is 995. The zero-order valence-corrected chi connectivity index (χ0v) is 18.1. The number of imidazole rings is 1. The van der Waals surface area contributed by atoms with Crippen LogP contribution >= 0.6 is 0 Å². The third-order valence-corrected chi connectivity index (χ3v) is 7.54. The summed E-state index contributed by atoms with van der Waals surface area (Å²) in [6.45, 7) is 4.90. The summed E-state index contributed by atoms with van der Waals surface area (Å²) in [5, 5.41) is 2.91. The van der Waals surface area contributed by atoms with Crippen molar-refractivity contribution in [2.45, 2.75) is 56.7 Å². The number of piperidine rings is 1. The van der Waals surface area contributed by atoms with Crippen molar-refractivity contribution < 1.29 is 17.9 Å². The molecule has 9 heteroatoms. The standard InChI is InChI=1S/C21H28N4O4S/c1-16(2)23-19(26)18-14-24-13-10-22-20(24)21(29-18)8-11-25(12-9-21)30(27,28)15-17-6-4-3-5-7-17/h3-7,10,13,16,18H,8-9,11-12,14-15H2,1-2H3,(H,23,26)/t18-/m1/s1. The number of rotatable bonds is 5. The van der Waals surface area contributed by atoms with E-state index in [1.54, 1.807) is 6.20 Å². The van der Waals surface area contributed by atoms with Crippen LogP contribution in [0.25, 0.3) is 0 Å². The molecule has 1 atom stereocenters. The molecule has 8 nitrogen and oxygen atoms in total. The summed E-state index contributed by atoms with van der Waals surface area (Å²) >= 11 is 0. The zero-order chi connectivity index (χ0) is 21.4. The van der Waals surface area contributed by atoms with E-state index < -0.39 is 21.7 Å². The Hall–Kier alpha value is -2.23. The van der Waals surface area contributed by atoms with Gasteiger partial charge in [-0.2, -0.15) is 0 Å². The second-order valence-electron chi connectivity index (χ2n) is 8.31. The fourth-order valence-electron chi connectivity index (χ4n) is 4.25. The number of nitrogens with zero attached hydrogens (tertiary/aromatic N) is 3. The van der Waals surface area contributed by atoms with E-state index in [1.165, 1.54) is 4.31 Å². The summed E-state index contributed by atoms with van der Waals surface area (Å²) in [5.74, 6) is 0.606. The van der Waals surface area contributed by atoms with Crippen LogP contribution in [0.4, 0.5) is 0 Å². The highest BCUT2D eigenvalue weighted by Crippen LogP contribution is 2.40. The van der Waals surface area contributed by atoms with E-state index in [4.69, 9.17) is 4.74 Å². The van der Waals surface area contributed by atoms with Gasteiger partial charge in [-0.3, -0.25) is 4.79 Å². The van der Waals surface area contributed by atoms with Crippen molar-refractivity contribution in [3.05, 3.63) is 54.1 Å². The molecule has 30 heavy (non-hydrogen) atoms. The lowest BCUT2D eigenvalue weighted by Gasteiger charge is -2.45. The SMILES string of the molecule is CC(C)NC(=O)[C@H]1Cn2ccnc2C2(CCN(S(=O)(=O)Cc3ccccc3)CC2)O1. The summed E-state index contributed by atoms with van der Waals surface area (Å²) in [6.07, 6.45) is 3.87. The first-order valence-electron chi connectivity index (χ1n) is 10.3. The monoisotopic (exact) mass is 432 g/mol. The van der Waals surface area contributed by atoms with Crippen LogP contribution in [0.1, 0.15) is 38.1 Å². The van der Waals surface area contributed by atoms with Gasteiger partial charge in [-0.1, -0.05) is 30.3 Å². The van der Waals surface area contributed by atoms with E-state index >= 15 is 0 Å². The van der Waals surface area contributed by atoms with Crippen molar-refractivity contribution >= 4 is 15.9 Å². The summed E-state index contributed by atoms with van der Waals surface area (Å²) in [4.78, 5) is 17.1. The Morgan fingerprint density at radius 2 is 1.97 bits per heavy atom. The van der Waals surface area contributed by atoms with E-state index in [1.807, 2.05) is 54.9 Å². The van der Waals surface area contributed by atoms with E-state index in [2.05, 4.69) is 10.3 Å². The molecule has 2 aliphatic rings. The molecule has 1 aromatic carbocycles. The highest BCUT2D eigenvalue weighted by molar-refractivity contribution is 7.88. The number of nitrogens with one attached hydrogen (secondary N) is 1. The van der Waals surface area contributed by atoms with E-state index in [9.17, 15) is 13.2 Å². The predicted molar refractivity (Wildman–Crippen MR) is 112 cm³/mol. The lowest BCUT2D eigenvalue weighted by molar-refractivity contribution is -0.171. The molecule has 1 aromatic heterocycles. The Balaban J connectivity index is 1.50. The van der Waals surface area contributed by atoms with Crippen LogP contribution in [-0.4, -0.2) is 53.4 Å². The van der Waals surface area contributed by atoms with Crippen molar-refractivity contribution in [2.75, 3.05) is 13.1 Å². The Morgan fingerprint density at radius 1 is 1.27 bits per heavy atom.